The van der Waals surface area contributed by atoms with Crippen molar-refractivity contribution in [3.63, 3.8) is 0 Å². The zero-order valence-electron chi connectivity index (χ0n) is 10.1. The number of rotatable bonds is 4. The molecule has 0 aliphatic rings. The van der Waals surface area contributed by atoms with Gasteiger partial charge in [-0.05, 0) is 38.3 Å². The summed E-state index contributed by atoms with van der Waals surface area (Å²) < 4.78 is 6.04. The molecule has 0 fully saturated rings. The standard InChI is InChI=1S/C13H21NO/c1-5-13(4,9-14)15-12-10(2)7-6-8-11(12)3/h6-8H,5,9,14H2,1-4H3. The van der Waals surface area contributed by atoms with E-state index in [1.54, 1.807) is 0 Å². The van der Waals surface area contributed by atoms with Crippen LogP contribution in [0, 0.1) is 13.8 Å². The molecule has 0 radical (unpaired) electrons. The number of para-hydroxylation sites is 1. The molecule has 1 aromatic rings. The lowest BCUT2D eigenvalue weighted by Crippen LogP contribution is -2.40. The second kappa shape index (κ2) is 4.67. The normalized spacial score (nSPS) is 14.7. The highest BCUT2D eigenvalue weighted by atomic mass is 16.5. The monoisotopic (exact) mass is 207 g/mol. The third-order valence-corrected chi connectivity index (χ3v) is 2.94. The Kier molecular flexibility index (Phi) is 3.75. The van der Waals surface area contributed by atoms with Crippen LogP contribution in [0.25, 0.3) is 0 Å². The molecule has 2 nitrogen and oxygen atoms in total. The fourth-order valence-corrected chi connectivity index (χ4v) is 1.46. The molecule has 15 heavy (non-hydrogen) atoms. The first kappa shape index (κ1) is 12.1. The first-order valence-electron chi connectivity index (χ1n) is 5.47. The first-order chi connectivity index (χ1) is 7.02. The number of hydrogen-bond acceptors (Lipinski definition) is 2. The minimum absolute atomic E-state index is 0.253. The van der Waals surface area contributed by atoms with Gasteiger partial charge in [-0.1, -0.05) is 25.1 Å². The lowest BCUT2D eigenvalue weighted by atomic mass is 10.0. The third kappa shape index (κ3) is 2.72. The highest BCUT2D eigenvalue weighted by Gasteiger charge is 2.23. The molecule has 84 valence electrons. The molecule has 1 unspecified atom stereocenters. The lowest BCUT2D eigenvalue weighted by Gasteiger charge is -2.29. The number of ether oxygens (including phenoxy) is 1. The Balaban J connectivity index is 2.98. The van der Waals surface area contributed by atoms with Crippen LogP contribution in [0.4, 0.5) is 0 Å². The van der Waals surface area contributed by atoms with Crippen molar-refractivity contribution in [2.75, 3.05) is 6.54 Å². The van der Waals surface area contributed by atoms with E-state index in [0.29, 0.717) is 6.54 Å². The summed E-state index contributed by atoms with van der Waals surface area (Å²) in [7, 11) is 0. The van der Waals surface area contributed by atoms with Crippen LogP contribution in [-0.2, 0) is 0 Å². The van der Waals surface area contributed by atoms with E-state index in [2.05, 4.69) is 39.8 Å². The van der Waals surface area contributed by atoms with Crippen molar-refractivity contribution in [3.05, 3.63) is 29.3 Å². The van der Waals surface area contributed by atoms with Crippen molar-refractivity contribution in [2.24, 2.45) is 5.73 Å². The number of hydrogen-bond donors (Lipinski definition) is 1. The van der Waals surface area contributed by atoms with Gasteiger partial charge < -0.3 is 10.5 Å². The van der Waals surface area contributed by atoms with Gasteiger partial charge in [0.15, 0.2) is 0 Å². The lowest BCUT2D eigenvalue weighted by molar-refractivity contribution is 0.0917. The van der Waals surface area contributed by atoms with Crippen LogP contribution in [0.1, 0.15) is 31.4 Å². The fraction of sp³-hybridized carbons (Fsp3) is 0.538. The van der Waals surface area contributed by atoms with E-state index in [9.17, 15) is 0 Å². The SMILES string of the molecule is CCC(C)(CN)Oc1c(C)cccc1C. The van der Waals surface area contributed by atoms with Gasteiger partial charge in [0.05, 0.1) is 0 Å². The Morgan fingerprint density at radius 1 is 1.27 bits per heavy atom. The number of benzene rings is 1. The smallest absolute Gasteiger partial charge is 0.126 e. The maximum Gasteiger partial charge on any atom is 0.126 e. The van der Waals surface area contributed by atoms with Crippen LogP contribution in [0.2, 0.25) is 0 Å². The second-order valence-electron chi connectivity index (χ2n) is 4.33. The average molecular weight is 207 g/mol. The molecule has 0 aromatic heterocycles. The van der Waals surface area contributed by atoms with Crippen LogP contribution in [-0.4, -0.2) is 12.1 Å². The van der Waals surface area contributed by atoms with Crippen molar-refractivity contribution >= 4 is 0 Å². The van der Waals surface area contributed by atoms with Gasteiger partial charge in [-0.2, -0.15) is 0 Å². The van der Waals surface area contributed by atoms with Gasteiger partial charge in [-0.15, -0.1) is 0 Å². The van der Waals surface area contributed by atoms with E-state index >= 15 is 0 Å². The van der Waals surface area contributed by atoms with Crippen LogP contribution in [0.15, 0.2) is 18.2 Å². The summed E-state index contributed by atoms with van der Waals surface area (Å²) in [5.74, 6) is 0.979. The summed E-state index contributed by atoms with van der Waals surface area (Å²) in [6.07, 6.45) is 0.914. The molecular formula is C13H21NO. The first-order valence-corrected chi connectivity index (χ1v) is 5.47. The molecule has 0 amide bonds. The molecule has 0 aliphatic heterocycles. The minimum Gasteiger partial charge on any atom is -0.486 e. The molecule has 0 spiro atoms. The zero-order chi connectivity index (χ0) is 11.5. The largest absolute Gasteiger partial charge is 0.486 e. The quantitative estimate of drug-likeness (QED) is 0.824. The van der Waals surface area contributed by atoms with Gasteiger partial charge in [-0.3, -0.25) is 0 Å². The highest BCUT2D eigenvalue weighted by molar-refractivity contribution is 5.40. The summed E-state index contributed by atoms with van der Waals surface area (Å²) in [6, 6.07) is 6.17. The fourth-order valence-electron chi connectivity index (χ4n) is 1.46. The zero-order valence-corrected chi connectivity index (χ0v) is 10.1. The Morgan fingerprint density at radius 2 is 1.80 bits per heavy atom. The summed E-state index contributed by atoms with van der Waals surface area (Å²) in [5.41, 5.74) is 7.83. The van der Waals surface area contributed by atoms with E-state index in [-0.39, 0.29) is 5.60 Å². The van der Waals surface area contributed by atoms with Gasteiger partial charge in [0.1, 0.15) is 11.4 Å². The molecular weight excluding hydrogens is 186 g/mol. The van der Waals surface area contributed by atoms with Crippen LogP contribution in [0.3, 0.4) is 0 Å². The highest BCUT2D eigenvalue weighted by Crippen LogP contribution is 2.27. The average Bonchev–Trinajstić information content (AvgIpc) is 2.23. The molecule has 2 heteroatoms. The van der Waals surface area contributed by atoms with Crippen LogP contribution >= 0.6 is 0 Å². The molecule has 0 heterocycles. The van der Waals surface area contributed by atoms with Crippen molar-refractivity contribution < 1.29 is 4.74 Å². The van der Waals surface area contributed by atoms with Gasteiger partial charge in [0, 0.05) is 6.54 Å². The molecule has 1 aromatic carbocycles. The Bertz CT molecular complexity index is 309. The number of aryl methyl sites for hydroxylation is 2. The minimum atomic E-state index is -0.253. The topological polar surface area (TPSA) is 35.2 Å². The second-order valence-corrected chi connectivity index (χ2v) is 4.33. The number of nitrogens with two attached hydrogens (primary N) is 1. The Hall–Kier alpha value is -1.02. The Labute approximate surface area is 92.4 Å². The molecule has 0 bridgehead atoms. The Morgan fingerprint density at radius 3 is 2.20 bits per heavy atom. The predicted molar refractivity (Wildman–Crippen MR) is 64.3 cm³/mol. The summed E-state index contributed by atoms with van der Waals surface area (Å²) in [6.45, 7) is 8.82. The van der Waals surface area contributed by atoms with Crippen molar-refractivity contribution in [1.82, 2.24) is 0 Å². The van der Waals surface area contributed by atoms with E-state index in [1.165, 1.54) is 11.1 Å². The van der Waals surface area contributed by atoms with Crippen molar-refractivity contribution in [1.29, 1.82) is 0 Å². The summed E-state index contributed by atoms with van der Waals surface area (Å²) in [4.78, 5) is 0. The van der Waals surface area contributed by atoms with Crippen LogP contribution < -0.4 is 10.5 Å². The van der Waals surface area contributed by atoms with E-state index in [1.807, 2.05) is 6.07 Å². The van der Waals surface area contributed by atoms with Crippen molar-refractivity contribution in [3.8, 4) is 5.75 Å². The van der Waals surface area contributed by atoms with E-state index < -0.39 is 0 Å². The van der Waals surface area contributed by atoms with Crippen molar-refractivity contribution in [2.45, 2.75) is 39.7 Å². The van der Waals surface area contributed by atoms with Gasteiger partial charge in [0.25, 0.3) is 0 Å². The van der Waals surface area contributed by atoms with E-state index in [4.69, 9.17) is 10.5 Å². The summed E-state index contributed by atoms with van der Waals surface area (Å²) >= 11 is 0. The molecule has 2 N–H and O–H groups in total. The molecule has 1 rings (SSSR count). The molecule has 0 aliphatic carbocycles. The maximum absolute atomic E-state index is 6.04. The van der Waals surface area contributed by atoms with Crippen LogP contribution in [0.5, 0.6) is 5.75 Å². The summed E-state index contributed by atoms with van der Waals surface area (Å²) in [5, 5.41) is 0. The molecule has 1 atom stereocenters. The molecule has 0 saturated carbocycles. The maximum atomic E-state index is 6.04. The van der Waals surface area contributed by atoms with Gasteiger partial charge >= 0.3 is 0 Å². The van der Waals surface area contributed by atoms with Gasteiger partial charge in [-0.25, -0.2) is 0 Å². The predicted octanol–water partition coefficient (Wildman–Crippen LogP) is 2.81. The van der Waals surface area contributed by atoms with Gasteiger partial charge in [0.2, 0.25) is 0 Å². The molecule has 0 saturated heterocycles. The van der Waals surface area contributed by atoms with E-state index in [0.717, 1.165) is 12.2 Å². The third-order valence-electron chi connectivity index (χ3n) is 2.94.